The van der Waals surface area contributed by atoms with E-state index < -0.39 is 12.0 Å². The number of hydrogen-bond donors (Lipinski definition) is 1. The molecular weight excluding hydrogens is 344 g/mol. The van der Waals surface area contributed by atoms with Crippen molar-refractivity contribution in [1.82, 2.24) is 0 Å². The van der Waals surface area contributed by atoms with Gasteiger partial charge in [0.2, 0.25) is 0 Å². The number of hydrogen-bond acceptors (Lipinski definition) is 2. The number of carbonyl (C=O) groups is 1. The van der Waals surface area contributed by atoms with Crippen molar-refractivity contribution in [2.45, 2.75) is 51.9 Å². The molecule has 0 aliphatic rings. The highest BCUT2D eigenvalue weighted by atomic mass is 16.3. The fraction of sp³-hybridized carbons (Fsp3) is 0.423. The van der Waals surface area contributed by atoms with E-state index in [1.165, 1.54) is 11.1 Å². The predicted molar refractivity (Wildman–Crippen MR) is 116 cm³/mol. The second-order valence-electron chi connectivity index (χ2n) is 8.23. The first-order valence-corrected chi connectivity index (χ1v) is 10.1. The lowest BCUT2D eigenvalue weighted by atomic mass is 9.59. The summed E-state index contributed by atoms with van der Waals surface area (Å²) in [5.41, 5.74) is 1.24. The Morgan fingerprint density at radius 2 is 1.57 bits per heavy atom. The minimum Gasteiger partial charge on any atom is -0.389 e. The Morgan fingerprint density at radius 3 is 1.96 bits per heavy atom. The molecule has 2 nitrogen and oxygen atoms in total. The van der Waals surface area contributed by atoms with Gasteiger partial charge in [-0.2, -0.15) is 0 Å². The van der Waals surface area contributed by atoms with Crippen LogP contribution in [0.4, 0.5) is 0 Å². The molecule has 28 heavy (non-hydrogen) atoms. The van der Waals surface area contributed by atoms with Crippen LogP contribution in [0, 0.1) is 23.7 Å². The third kappa shape index (κ3) is 4.72. The molecule has 2 unspecified atom stereocenters. The van der Waals surface area contributed by atoms with Gasteiger partial charge in [0.25, 0.3) is 0 Å². The summed E-state index contributed by atoms with van der Waals surface area (Å²) in [6.45, 7) is 5.88. The van der Waals surface area contributed by atoms with Gasteiger partial charge in [-0.15, -0.1) is 12.3 Å². The SMILES string of the molecule is C#CCC(C)(CC(CC(C)CC)(c1ccccc1)c1ccccc1)C(=O)CO. The number of Topliss-reactive ketones (excluding diaryl/α,β-unsaturated/α-hetero) is 1. The molecule has 2 rings (SSSR count). The lowest BCUT2D eigenvalue weighted by molar-refractivity contribution is -0.131. The highest BCUT2D eigenvalue weighted by Gasteiger charge is 2.44. The van der Waals surface area contributed by atoms with E-state index in [9.17, 15) is 9.90 Å². The normalized spacial score (nSPS) is 14.7. The van der Waals surface area contributed by atoms with Gasteiger partial charge in [-0.05, 0) is 29.9 Å². The van der Waals surface area contributed by atoms with Gasteiger partial charge in [0.05, 0.1) is 0 Å². The highest BCUT2D eigenvalue weighted by molar-refractivity contribution is 5.86. The number of ketones is 1. The number of aliphatic hydroxyl groups excluding tert-OH is 1. The van der Waals surface area contributed by atoms with E-state index in [0.29, 0.717) is 18.8 Å². The molecule has 0 aliphatic carbocycles. The molecule has 0 radical (unpaired) electrons. The third-order valence-electron chi connectivity index (χ3n) is 6.05. The summed E-state index contributed by atoms with van der Waals surface area (Å²) < 4.78 is 0. The van der Waals surface area contributed by atoms with E-state index >= 15 is 0 Å². The summed E-state index contributed by atoms with van der Waals surface area (Å²) in [6, 6.07) is 20.8. The monoisotopic (exact) mass is 376 g/mol. The summed E-state index contributed by atoms with van der Waals surface area (Å²) >= 11 is 0. The van der Waals surface area contributed by atoms with Crippen molar-refractivity contribution in [3.63, 3.8) is 0 Å². The maximum absolute atomic E-state index is 12.8. The van der Waals surface area contributed by atoms with Crippen LogP contribution in [-0.4, -0.2) is 17.5 Å². The molecule has 0 amide bonds. The second kappa shape index (κ2) is 9.71. The fourth-order valence-corrected chi connectivity index (χ4v) is 4.27. The summed E-state index contributed by atoms with van der Waals surface area (Å²) in [5, 5.41) is 9.64. The topological polar surface area (TPSA) is 37.3 Å². The van der Waals surface area contributed by atoms with Gasteiger partial charge in [-0.1, -0.05) is 87.9 Å². The maximum Gasteiger partial charge on any atom is 0.165 e. The van der Waals surface area contributed by atoms with Crippen molar-refractivity contribution >= 4 is 5.78 Å². The van der Waals surface area contributed by atoms with Gasteiger partial charge < -0.3 is 5.11 Å². The van der Waals surface area contributed by atoms with Crippen LogP contribution in [0.3, 0.4) is 0 Å². The van der Waals surface area contributed by atoms with Crippen LogP contribution in [0.25, 0.3) is 0 Å². The average molecular weight is 377 g/mol. The smallest absolute Gasteiger partial charge is 0.165 e. The molecule has 2 heteroatoms. The zero-order chi connectivity index (χ0) is 20.6. The molecule has 0 fully saturated rings. The van der Waals surface area contributed by atoms with E-state index in [1.54, 1.807) is 0 Å². The molecule has 0 saturated carbocycles. The standard InChI is InChI=1S/C26H32O2/c1-5-17-25(4,24(28)19-27)20-26(18-21(3)6-2,22-13-9-7-10-14-22)23-15-11-8-12-16-23/h1,7-16,21,27H,6,17-20H2,2-4H3. The predicted octanol–water partition coefficient (Wildman–Crippen LogP) is 5.39. The van der Waals surface area contributed by atoms with E-state index in [1.807, 2.05) is 19.1 Å². The van der Waals surface area contributed by atoms with Crippen molar-refractivity contribution in [2.75, 3.05) is 6.61 Å². The Labute approximate surface area is 170 Å². The molecule has 2 aromatic rings. The van der Waals surface area contributed by atoms with Crippen LogP contribution in [0.2, 0.25) is 0 Å². The van der Waals surface area contributed by atoms with Crippen molar-refractivity contribution in [3.05, 3.63) is 71.8 Å². The first-order chi connectivity index (χ1) is 13.4. The molecule has 2 aromatic carbocycles. The first-order valence-electron chi connectivity index (χ1n) is 10.1. The van der Waals surface area contributed by atoms with Gasteiger partial charge in [0, 0.05) is 17.3 Å². The van der Waals surface area contributed by atoms with E-state index in [-0.39, 0.29) is 11.2 Å². The van der Waals surface area contributed by atoms with E-state index in [4.69, 9.17) is 6.42 Å². The average Bonchev–Trinajstić information content (AvgIpc) is 2.73. The Morgan fingerprint density at radius 1 is 1.07 bits per heavy atom. The quantitative estimate of drug-likeness (QED) is 0.565. The number of aliphatic hydroxyl groups is 1. The first kappa shape index (κ1) is 21.9. The maximum atomic E-state index is 12.8. The molecule has 2 atom stereocenters. The summed E-state index contributed by atoms with van der Waals surface area (Å²) in [6.07, 6.45) is 8.50. The summed E-state index contributed by atoms with van der Waals surface area (Å²) in [7, 11) is 0. The Kier molecular flexibility index (Phi) is 7.61. The lowest BCUT2D eigenvalue weighted by Crippen LogP contribution is -2.41. The molecule has 1 N–H and O–H groups in total. The van der Waals surface area contributed by atoms with Gasteiger partial charge in [0.1, 0.15) is 6.61 Å². The highest BCUT2D eigenvalue weighted by Crippen LogP contribution is 2.48. The van der Waals surface area contributed by atoms with Crippen LogP contribution in [0.1, 0.15) is 57.6 Å². The van der Waals surface area contributed by atoms with Crippen molar-refractivity contribution in [1.29, 1.82) is 0 Å². The largest absolute Gasteiger partial charge is 0.389 e. The van der Waals surface area contributed by atoms with Crippen LogP contribution < -0.4 is 0 Å². The van der Waals surface area contributed by atoms with Crippen molar-refractivity contribution in [3.8, 4) is 12.3 Å². The zero-order valence-electron chi connectivity index (χ0n) is 17.3. The summed E-state index contributed by atoms with van der Waals surface area (Å²) in [4.78, 5) is 12.8. The van der Waals surface area contributed by atoms with Crippen molar-refractivity contribution < 1.29 is 9.90 Å². The fourth-order valence-electron chi connectivity index (χ4n) is 4.27. The van der Waals surface area contributed by atoms with Crippen LogP contribution in [0.5, 0.6) is 0 Å². The minimum absolute atomic E-state index is 0.189. The summed E-state index contributed by atoms with van der Waals surface area (Å²) in [5.74, 6) is 2.97. The lowest BCUT2D eigenvalue weighted by Gasteiger charge is -2.43. The van der Waals surface area contributed by atoms with E-state index in [2.05, 4.69) is 68.3 Å². The third-order valence-corrected chi connectivity index (χ3v) is 6.05. The van der Waals surface area contributed by atoms with E-state index in [0.717, 1.165) is 12.8 Å². The Bertz CT molecular complexity index is 749. The van der Waals surface area contributed by atoms with Crippen LogP contribution in [-0.2, 0) is 10.2 Å². The number of terminal acetylenes is 1. The molecule has 0 heterocycles. The molecule has 0 saturated heterocycles. The van der Waals surface area contributed by atoms with Gasteiger partial charge in [0.15, 0.2) is 5.78 Å². The van der Waals surface area contributed by atoms with Crippen LogP contribution in [0.15, 0.2) is 60.7 Å². The number of benzene rings is 2. The molecule has 0 aliphatic heterocycles. The molecule has 0 spiro atoms. The second-order valence-corrected chi connectivity index (χ2v) is 8.23. The van der Waals surface area contributed by atoms with Gasteiger partial charge in [-0.25, -0.2) is 0 Å². The zero-order valence-corrected chi connectivity index (χ0v) is 17.3. The number of carbonyl (C=O) groups excluding carboxylic acids is 1. The van der Waals surface area contributed by atoms with Crippen LogP contribution >= 0.6 is 0 Å². The Hall–Kier alpha value is -2.37. The minimum atomic E-state index is -0.789. The van der Waals surface area contributed by atoms with Crippen molar-refractivity contribution in [2.24, 2.45) is 11.3 Å². The molecule has 0 aromatic heterocycles. The molecular formula is C26H32O2. The Balaban J connectivity index is 2.72. The number of rotatable bonds is 10. The van der Waals surface area contributed by atoms with Gasteiger partial charge >= 0.3 is 0 Å². The van der Waals surface area contributed by atoms with Gasteiger partial charge in [-0.3, -0.25) is 4.79 Å². The molecule has 0 bridgehead atoms. The molecule has 148 valence electrons.